The first-order valence-electron chi connectivity index (χ1n) is 4.90. The lowest BCUT2D eigenvalue weighted by molar-refractivity contribution is 0.0852. The molecule has 14 heavy (non-hydrogen) atoms. The summed E-state index contributed by atoms with van der Waals surface area (Å²) in [4.78, 5) is 0. The number of nitrogens with two attached hydrogens (primary N) is 1. The second kappa shape index (κ2) is 9.58. The molecule has 5 heteroatoms. The number of hydrogen-bond acceptors (Lipinski definition) is 4. The van der Waals surface area contributed by atoms with Crippen molar-refractivity contribution in [2.45, 2.75) is 19.4 Å². The smallest absolute Gasteiger partial charge is 0.0812 e. The zero-order valence-corrected chi connectivity index (χ0v) is 9.85. The van der Waals surface area contributed by atoms with E-state index in [2.05, 4.69) is 0 Å². The Hall–Kier alpha value is 0.0300. The molecule has 2 N–H and O–H groups in total. The van der Waals surface area contributed by atoms with Crippen molar-refractivity contribution in [3.63, 3.8) is 0 Å². The van der Waals surface area contributed by atoms with Gasteiger partial charge in [0.2, 0.25) is 0 Å². The molecule has 2 unspecified atom stereocenters. The second-order valence-electron chi connectivity index (χ2n) is 2.97. The van der Waals surface area contributed by atoms with Gasteiger partial charge in [0, 0.05) is 43.4 Å². The molecule has 0 aliphatic rings. The fourth-order valence-corrected chi connectivity index (χ4v) is 2.33. The van der Waals surface area contributed by atoms with Crippen LogP contribution in [0.1, 0.15) is 13.3 Å². The van der Waals surface area contributed by atoms with Gasteiger partial charge in [0.25, 0.3) is 0 Å². The highest BCUT2D eigenvalue weighted by Gasteiger charge is 2.10. The van der Waals surface area contributed by atoms with E-state index in [1.807, 2.05) is 6.92 Å². The molecule has 0 bridgehead atoms. The monoisotopic (exact) mass is 223 g/mol. The Bertz CT molecular complexity index is 155. The molecule has 0 radical (unpaired) electrons. The molecular weight excluding hydrogens is 202 g/mol. The molecule has 0 fully saturated rings. The van der Waals surface area contributed by atoms with Gasteiger partial charge in [0.15, 0.2) is 0 Å². The maximum atomic E-state index is 11.5. The Labute approximate surface area is 88.6 Å². The third kappa shape index (κ3) is 7.44. The minimum atomic E-state index is -0.838. The normalized spacial score (nSPS) is 15.4. The molecule has 0 rings (SSSR count). The molecule has 2 atom stereocenters. The summed E-state index contributed by atoms with van der Waals surface area (Å²) in [6.07, 6.45) is 0.760. The van der Waals surface area contributed by atoms with Crippen LogP contribution in [0.3, 0.4) is 0 Å². The van der Waals surface area contributed by atoms with E-state index in [0.717, 1.165) is 6.42 Å². The summed E-state index contributed by atoms with van der Waals surface area (Å²) in [6, 6.07) is 0. The van der Waals surface area contributed by atoms with Gasteiger partial charge in [-0.15, -0.1) is 0 Å². The lowest BCUT2D eigenvalue weighted by atomic mass is 10.4. The molecule has 0 aromatic heterocycles. The average Bonchev–Trinajstić information content (AvgIpc) is 2.17. The molecule has 0 saturated carbocycles. The highest BCUT2D eigenvalue weighted by Crippen LogP contribution is 1.96. The fourth-order valence-electron chi connectivity index (χ4n) is 1.07. The third-order valence-electron chi connectivity index (χ3n) is 1.76. The van der Waals surface area contributed by atoms with Gasteiger partial charge in [-0.1, -0.05) is 0 Å². The molecule has 0 aromatic rings. The van der Waals surface area contributed by atoms with E-state index >= 15 is 0 Å². The number of methoxy groups -OCH3 is 1. The minimum Gasteiger partial charge on any atom is -0.385 e. The molecule has 0 spiro atoms. The molecule has 0 amide bonds. The van der Waals surface area contributed by atoms with Crippen LogP contribution in [-0.2, 0) is 20.3 Å². The summed E-state index contributed by atoms with van der Waals surface area (Å²) < 4.78 is 21.7. The Morgan fingerprint density at radius 2 is 2.21 bits per heavy atom. The summed E-state index contributed by atoms with van der Waals surface area (Å²) in [5, 5.41) is 0. The van der Waals surface area contributed by atoms with Crippen LogP contribution in [-0.4, -0.2) is 48.7 Å². The lowest BCUT2D eigenvalue weighted by Crippen LogP contribution is -2.30. The van der Waals surface area contributed by atoms with Gasteiger partial charge in [-0.3, -0.25) is 4.21 Å². The SMILES string of the molecule is CCOC(CN)CS(=O)CCCOC. The first-order chi connectivity index (χ1) is 6.74. The molecule has 0 saturated heterocycles. The topological polar surface area (TPSA) is 61.5 Å². The van der Waals surface area contributed by atoms with Crippen molar-refractivity contribution < 1.29 is 13.7 Å². The van der Waals surface area contributed by atoms with Crippen LogP contribution in [0.4, 0.5) is 0 Å². The fraction of sp³-hybridized carbons (Fsp3) is 1.00. The standard InChI is InChI=1S/C9H21NO3S/c1-3-13-9(7-10)8-14(11)6-4-5-12-2/h9H,3-8,10H2,1-2H3. The van der Waals surface area contributed by atoms with Crippen molar-refractivity contribution in [3.05, 3.63) is 0 Å². The molecule has 86 valence electrons. The van der Waals surface area contributed by atoms with E-state index in [1.54, 1.807) is 7.11 Å². The van der Waals surface area contributed by atoms with Crippen molar-refractivity contribution >= 4 is 10.8 Å². The summed E-state index contributed by atoms with van der Waals surface area (Å²) in [5.41, 5.74) is 5.48. The first-order valence-corrected chi connectivity index (χ1v) is 6.39. The minimum absolute atomic E-state index is 0.0663. The summed E-state index contributed by atoms with van der Waals surface area (Å²) in [7, 11) is 0.807. The third-order valence-corrected chi connectivity index (χ3v) is 3.25. The average molecular weight is 223 g/mol. The van der Waals surface area contributed by atoms with Crippen molar-refractivity contribution in [2.75, 3.05) is 38.4 Å². The molecule has 0 aliphatic carbocycles. The Balaban J connectivity index is 3.56. The van der Waals surface area contributed by atoms with Crippen molar-refractivity contribution in [1.82, 2.24) is 0 Å². The highest BCUT2D eigenvalue weighted by atomic mass is 32.2. The summed E-state index contributed by atoms with van der Waals surface area (Å²) in [6.45, 7) is 3.63. The van der Waals surface area contributed by atoms with Crippen LogP contribution >= 0.6 is 0 Å². The Kier molecular flexibility index (Phi) is 9.60. The zero-order chi connectivity index (χ0) is 10.8. The van der Waals surface area contributed by atoms with E-state index in [-0.39, 0.29) is 6.10 Å². The Morgan fingerprint density at radius 1 is 1.50 bits per heavy atom. The quantitative estimate of drug-likeness (QED) is 0.565. The molecule has 0 aromatic carbocycles. The predicted octanol–water partition coefficient (Wildman–Crippen LogP) is 0.135. The maximum Gasteiger partial charge on any atom is 0.0812 e. The van der Waals surface area contributed by atoms with Crippen LogP contribution in [0.5, 0.6) is 0 Å². The molecular formula is C9H21NO3S. The van der Waals surface area contributed by atoms with Crippen molar-refractivity contribution in [1.29, 1.82) is 0 Å². The van der Waals surface area contributed by atoms with E-state index in [4.69, 9.17) is 15.2 Å². The van der Waals surface area contributed by atoms with Crippen molar-refractivity contribution in [2.24, 2.45) is 5.73 Å². The van der Waals surface area contributed by atoms with Gasteiger partial charge in [-0.2, -0.15) is 0 Å². The van der Waals surface area contributed by atoms with E-state index in [0.29, 0.717) is 31.3 Å². The number of rotatable bonds is 9. The molecule has 0 heterocycles. The second-order valence-corrected chi connectivity index (χ2v) is 4.59. The number of ether oxygens (including phenoxy) is 2. The van der Waals surface area contributed by atoms with Gasteiger partial charge < -0.3 is 15.2 Å². The largest absolute Gasteiger partial charge is 0.385 e. The van der Waals surface area contributed by atoms with Gasteiger partial charge in [0.1, 0.15) is 0 Å². The van der Waals surface area contributed by atoms with Crippen LogP contribution in [0.2, 0.25) is 0 Å². The van der Waals surface area contributed by atoms with E-state index in [9.17, 15) is 4.21 Å². The Morgan fingerprint density at radius 3 is 2.71 bits per heavy atom. The van der Waals surface area contributed by atoms with Crippen LogP contribution in [0, 0.1) is 0 Å². The van der Waals surface area contributed by atoms with Gasteiger partial charge >= 0.3 is 0 Å². The van der Waals surface area contributed by atoms with Gasteiger partial charge in [0.05, 0.1) is 11.9 Å². The number of hydrogen-bond donors (Lipinski definition) is 1. The molecule has 0 aliphatic heterocycles. The lowest BCUT2D eigenvalue weighted by Gasteiger charge is -2.13. The van der Waals surface area contributed by atoms with Gasteiger partial charge in [-0.25, -0.2) is 0 Å². The summed E-state index contributed by atoms with van der Waals surface area (Å²) in [5.74, 6) is 1.20. The van der Waals surface area contributed by atoms with E-state index < -0.39 is 10.8 Å². The van der Waals surface area contributed by atoms with E-state index in [1.165, 1.54) is 0 Å². The van der Waals surface area contributed by atoms with Crippen molar-refractivity contribution in [3.8, 4) is 0 Å². The molecule has 4 nitrogen and oxygen atoms in total. The zero-order valence-electron chi connectivity index (χ0n) is 9.03. The maximum absolute atomic E-state index is 11.5. The summed E-state index contributed by atoms with van der Waals surface area (Å²) >= 11 is 0. The van der Waals surface area contributed by atoms with Crippen LogP contribution in [0.15, 0.2) is 0 Å². The van der Waals surface area contributed by atoms with Crippen LogP contribution < -0.4 is 5.73 Å². The van der Waals surface area contributed by atoms with Crippen LogP contribution in [0.25, 0.3) is 0 Å². The first kappa shape index (κ1) is 14.0. The van der Waals surface area contributed by atoms with Gasteiger partial charge in [-0.05, 0) is 13.3 Å². The predicted molar refractivity (Wildman–Crippen MR) is 58.8 cm³/mol. The highest BCUT2D eigenvalue weighted by molar-refractivity contribution is 7.85.